The highest BCUT2D eigenvalue weighted by Crippen LogP contribution is 2.45. The number of cyclic esters (lactones) is 1. The van der Waals surface area contributed by atoms with Crippen LogP contribution in [0.4, 0.5) is 4.79 Å². The van der Waals surface area contributed by atoms with E-state index >= 15 is 0 Å². The first kappa shape index (κ1) is 45.0. The fraction of sp³-hybridized carbons (Fsp3) is 0.727. The van der Waals surface area contributed by atoms with Gasteiger partial charge in [0.15, 0.2) is 24.3 Å². The Morgan fingerprint density at radius 3 is 2.57 bits per heavy atom. The van der Waals surface area contributed by atoms with Crippen LogP contribution < -0.4 is 0 Å². The summed E-state index contributed by atoms with van der Waals surface area (Å²) in [5, 5.41) is 20.6. The fourth-order valence-corrected chi connectivity index (χ4v) is 10.5. The molecule has 4 bridgehead atoms. The number of hydrogen-bond acceptors (Lipinski definition) is 15. The second-order valence-electron chi connectivity index (χ2n) is 18.2. The van der Waals surface area contributed by atoms with Crippen LogP contribution in [0, 0.1) is 23.7 Å². The lowest BCUT2D eigenvalue weighted by Gasteiger charge is -2.48. The van der Waals surface area contributed by atoms with Crippen molar-refractivity contribution in [2.24, 2.45) is 33.8 Å². The lowest BCUT2D eigenvalue weighted by molar-refractivity contribution is -0.302. The molecule has 1 N–H and O–H groups in total. The van der Waals surface area contributed by atoms with E-state index in [-0.39, 0.29) is 43.8 Å². The van der Waals surface area contributed by atoms with Gasteiger partial charge in [-0.3, -0.25) is 14.7 Å². The maximum atomic E-state index is 14.6. The quantitative estimate of drug-likeness (QED) is 0.292. The zero-order valence-electron chi connectivity index (χ0n) is 37.3. The Hall–Kier alpha value is -4.00. The molecule has 61 heavy (non-hydrogen) atoms. The van der Waals surface area contributed by atoms with Crippen molar-refractivity contribution in [3.05, 3.63) is 42.4 Å². The molecule has 5 aliphatic rings. The maximum Gasteiger partial charge on any atom is 0.410 e. The van der Waals surface area contributed by atoms with E-state index in [9.17, 15) is 14.7 Å². The third kappa shape index (κ3) is 9.09. The number of nitrogens with zero attached hydrogens (tertiary/aromatic N) is 7. The fourth-order valence-electron chi connectivity index (χ4n) is 10.5. The van der Waals surface area contributed by atoms with Crippen LogP contribution in [0.25, 0.3) is 5.82 Å². The van der Waals surface area contributed by atoms with Crippen LogP contribution in [0.3, 0.4) is 0 Å². The number of fused-ring (bicyclic) bond motifs is 4. The minimum Gasteiger partial charge on any atom is -0.458 e. The minimum absolute atomic E-state index is 0.00363. The first-order valence-electron chi connectivity index (χ1n) is 21.8. The summed E-state index contributed by atoms with van der Waals surface area (Å²) in [6, 6.07) is 6.74. The number of carbonyl (C=O) groups is 2. The molecule has 0 radical (unpaired) electrons. The van der Waals surface area contributed by atoms with E-state index in [1.54, 1.807) is 22.7 Å². The van der Waals surface area contributed by atoms with Gasteiger partial charge in [0.05, 0.1) is 61.3 Å². The van der Waals surface area contributed by atoms with E-state index in [4.69, 9.17) is 38.3 Å². The topological polar surface area (TPSA) is 181 Å². The Labute approximate surface area is 359 Å². The molecule has 0 aliphatic carbocycles. The number of pyridine rings is 1. The van der Waals surface area contributed by atoms with Crippen molar-refractivity contribution >= 4 is 23.5 Å². The number of amides is 1. The number of aromatic nitrogens is 3. The highest BCUT2D eigenvalue weighted by atomic mass is 16.7. The van der Waals surface area contributed by atoms with Crippen LogP contribution >= 0.6 is 0 Å². The number of hydrogen-bond donors (Lipinski definition) is 1. The smallest absolute Gasteiger partial charge is 0.410 e. The molecule has 2 aromatic rings. The Morgan fingerprint density at radius 2 is 1.85 bits per heavy atom. The van der Waals surface area contributed by atoms with Crippen LogP contribution in [-0.4, -0.2) is 154 Å². The second kappa shape index (κ2) is 18.4. The Bertz CT molecular complexity index is 1910. The summed E-state index contributed by atoms with van der Waals surface area (Å²) < 4.78 is 41.6. The number of carbonyl (C=O) groups excluding carboxylic acids is 2. The summed E-state index contributed by atoms with van der Waals surface area (Å²) in [6.45, 7) is 16.6. The highest BCUT2D eigenvalue weighted by molar-refractivity contribution is 5.91. The summed E-state index contributed by atoms with van der Waals surface area (Å²) in [5.41, 5.74) is -0.247. The monoisotopic (exact) mass is 851 g/mol. The van der Waals surface area contributed by atoms with Gasteiger partial charge in [-0.15, -0.1) is 0 Å². The average Bonchev–Trinajstić information content (AvgIpc) is 3.81. The molecule has 7 rings (SSSR count). The zero-order chi connectivity index (χ0) is 43.8. The Kier molecular flexibility index (Phi) is 13.6. The van der Waals surface area contributed by atoms with Gasteiger partial charge in [-0.05, 0) is 85.2 Å². The molecule has 4 saturated heterocycles. The van der Waals surface area contributed by atoms with Crippen LogP contribution in [0.1, 0.15) is 80.3 Å². The molecule has 7 heterocycles. The van der Waals surface area contributed by atoms with Crippen molar-refractivity contribution in [3.63, 3.8) is 0 Å². The Morgan fingerprint density at radius 1 is 1.07 bits per heavy atom. The number of aliphatic hydroxyl groups is 1. The predicted octanol–water partition coefficient (Wildman–Crippen LogP) is 4.43. The van der Waals surface area contributed by atoms with Crippen molar-refractivity contribution in [1.82, 2.24) is 24.6 Å². The molecule has 1 amide bonds. The molecule has 4 fully saturated rings. The minimum atomic E-state index is -1.14. The van der Waals surface area contributed by atoms with Crippen LogP contribution in [0.2, 0.25) is 0 Å². The van der Waals surface area contributed by atoms with Crippen LogP contribution in [-0.2, 0) is 44.7 Å². The van der Waals surface area contributed by atoms with Gasteiger partial charge in [-0.1, -0.05) is 38.9 Å². The molecule has 0 unspecified atom stereocenters. The first-order valence-corrected chi connectivity index (χ1v) is 21.8. The number of oxime groups is 1. The molecule has 17 nitrogen and oxygen atoms in total. The standard InChI is InChI=1S/C44H65N7O10/c1-11-33-44(8)38-27(4)35(45-17-19-50(38)42(54)61-44)25(2)21-43(7)39(60-41-36(52)32(49(9)10)20-26(3)58-41)28(5)37(29(6)40(53)59-33)55-22-31(23-56-43)48-57-24-30-14-12-15-34(47-30)51-18-13-16-46-51/h12-16,18,25-29,32-33,36-39,41,52H,11,17,19-24H2,1-10H3/b48-31+/t25-,26+,27+,28+,29-,32-,33-,36+,37+,38-,39-,41-,43-,44-/m1/s1. The summed E-state index contributed by atoms with van der Waals surface area (Å²) in [6.07, 6.45) is -0.0282. The predicted molar refractivity (Wildman–Crippen MR) is 224 cm³/mol. The first-order chi connectivity index (χ1) is 29.0. The van der Waals surface area contributed by atoms with E-state index in [1.165, 1.54) is 0 Å². The van der Waals surface area contributed by atoms with Gasteiger partial charge < -0.3 is 43.3 Å². The van der Waals surface area contributed by atoms with E-state index in [0.717, 1.165) is 5.71 Å². The summed E-state index contributed by atoms with van der Waals surface area (Å²) >= 11 is 0. The number of rotatable bonds is 8. The maximum absolute atomic E-state index is 14.6. The van der Waals surface area contributed by atoms with E-state index in [2.05, 4.69) is 29.1 Å². The van der Waals surface area contributed by atoms with Crippen molar-refractivity contribution in [2.75, 3.05) is 40.4 Å². The van der Waals surface area contributed by atoms with Crippen LogP contribution in [0.5, 0.6) is 0 Å². The number of ether oxygens (including phenoxy) is 6. The highest BCUT2D eigenvalue weighted by Gasteiger charge is 2.60. The molecule has 0 spiro atoms. The van der Waals surface area contributed by atoms with E-state index in [1.807, 2.05) is 84.1 Å². The molecule has 0 aromatic carbocycles. The third-order valence-electron chi connectivity index (χ3n) is 13.5. The van der Waals surface area contributed by atoms with Crippen LogP contribution in [0.15, 0.2) is 46.8 Å². The molecule has 336 valence electrons. The SMILES string of the molecule is CC[C@H]1OC(=O)[C@H](C)[C@H]2OC/C(=N\OCc3cccc(-n4cccn4)n3)CO[C@](C)(C[C@@H](C)C3=NCCN4C(=O)O[C@@]1(C)[C@H]4[C@H]3C)[C@H](O[C@H]1O[C@@H](C)C[C@@H](N(C)C)[C@@H]1O)[C@H]2C. The molecule has 5 aliphatic heterocycles. The molecular formula is C44H65N7O10. The van der Waals surface area contributed by atoms with Gasteiger partial charge in [0, 0.05) is 42.5 Å². The number of aliphatic hydroxyl groups excluding tert-OH is 1. The number of likely N-dealkylation sites (N-methyl/N-ethyl adjacent to an activating group) is 1. The largest absolute Gasteiger partial charge is 0.458 e. The van der Waals surface area contributed by atoms with Crippen molar-refractivity contribution in [2.45, 2.75) is 141 Å². The third-order valence-corrected chi connectivity index (χ3v) is 13.5. The summed E-state index contributed by atoms with van der Waals surface area (Å²) in [5.74, 6) is -1.66. The van der Waals surface area contributed by atoms with Gasteiger partial charge in [-0.25, -0.2) is 14.5 Å². The number of esters is 1. The Balaban J connectivity index is 1.29. The number of aliphatic imine (C=N–C) groups is 1. The van der Waals surface area contributed by atoms with Gasteiger partial charge in [0.25, 0.3) is 0 Å². The summed E-state index contributed by atoms with van der Waals surface area (Å²) in [4.78, 5) is 47.6. The zero-order valence-corrected chi connectivity index (χ0v) is 37.3. The average molecular weight is 852 g/mol. The van der Waals surface area contributed by atoms with Gasteiger partial charge in [0.1, 0.15) is 17.9 Å². The molecule has 14 atom stereocenters. The van der Waals surface area contributed by atoms with E-state index in [0.29, 0.717) is 49.6 Å². The lowest BCUT2D eigenvalue weighted by atomic mass is 9.72. The molecular weight excluding hydrogens is 787 g/mol. The van der Waals surface area contributed by atoms with Gasteiger partial charge >= 0.3 is 12.1 Å². The van der Waals surface area contributed by atoms with Crippen molar-refractivity contribution in [1.29, 1.82) is 0 Å². The van der Waals surface area contributed by atoms with Crippen molar-refractivity contribution in [3.8, 4) is 5.82 Å². The van der Waals surface area contributed by atoms with Crippen molar-refractivity contribution < 1.29 is 48.0 Å². The molecule has 0 saturated carbocycles. The molecule has 17 heteroatoms. The van der Waals surface area contributed by atoms with Gasteiger partial charge in [-0.2, -0.15) is 5.10 Å². The normalized spacial score (nSPS) is 39.4. The van der Waals surface area contributed by atoms with E-state index < -0.39 is 71.8 Å². The second-order valence-corrected chi connectivity index (χ2v) is 18.2. The lowest BCUT2D eigenvalue weighted by Crippen LogP contribution is -2.60. The summed E-state index contributed by atoms with van der Waals surface area (Å²) in [7, 11) is 3.87. The molecule has 2 aromatic heterocycles. The van der Waals surface area contributed by atoms with Gasteiger partial charge in [0.2, 0.25) is 0 Å².